The van der Waals surface area contributed by atoms with Crippen molar-refractivity contribution in [3.8, 4) is 5.75 Å². The molecule has 0 aromatic heterocycles. The molecule has 2 aliphatic carbocycles. The number of aliphatic hydroxyl groups is 1. The first-order valence-electron chi connectivity index (χ1n) is 12.3. The van der Waals surface area contributed by atoms with Gasteiger partial charge in [0.1, 0.15) is 18.0 Å². The second-order valence-electron chi connectivity index (χ2n) is 9.88. The van der Waals surface area contributed by atoms with Gasteiger partial charge in [-0.15, -0.1) is 0 Å². The molecule has 174 valence electrons. The van der Waals surface area contributed by atoms with Gasteiger partial charge in [0.2, 0.25) is 11.8 Å². The van der Waals surface area contributed by atoms with E-state index in [0.29, 0.717) is 12.8 Å². The van der Waals surface area contributed by atoms with E-state index < -0.39 is 6.10 Å². The summed E-state index contributed by atoms with van der Waals surface area (Å²) in [5.41, 5.74) is 1.81. The summed E-state index contributed by atoms with van der Waals surface area (Å²) in [6.45, 7) is -0.152. The van der Waals surface area contributed by atoms with Crippen molar-refractivity contribution in [1.82, 2.24) is 5.32 Å². The fraction of sp³-hybridized carbons (Fsp3) is 0.680. The molecule has 2 aliphatic heterocycles. The maximum absolute atomic E-state index is 12.7. The molecule has 32 heavy (non-hydrogen) atoms. The molecule has 7 nitrogen and oxygen atoms in total. The van der Waals surface area contributed by atoms with Crippen molar-refractivity contribution in [2.45, 2.75) is 94.5 Å². The van der Waals surface area contributed by atoms with E-state index in [0.717, 1.165) is 49.1 Å². The van der Waals surface area contributed by atoms with Gasteiger partial charge in [0.25, 0.3) is 0 Å². The average molecular weight is 443 g/mol. The maximum atomic E-state index is 12.7. The highest BCUT2D eigenvalue weighted by molar-refractivity contribution is 5.93. The van der Waals surface area contributed by atoms with Gasteiger partial charge in [0, 0.05) is 29.1 Å². The third kappa shape index (κ3) is 4.50. The van der Waals surface area contributed by atoms with Gasteiger partial charge in [0.15, 0.2) is 0 Å². The van der Waals surface area contributed by atoms with E-state index in [2.05, 4.69) is 10.6 Å². The Bertz CT molecular complexity index is 849. The third-order valence-electron chi connectivity index (χ3n) is 7.63. The number of fused-ring (bicyclic) bond motifs is 3. The fourth-order valence-corrected chi connectivity index (χ4v) is 5.62. The zero-order valence-electron chi connectivity index (χ0n) is 18.6. The van der Waals surface area contributed by atoms with Crippen LogP contribution >= 0.6 is 0 Å². The molecular weight excluding hydrogens is 408 g/mol. The smallest absolute Gasteiger partial charge is 0.227 e. The molecule has 2 heterocycles. The van der Waals surface area contributed by atoms with Gasteiger partial charge in [-0.1, -0.05) is 25.7 Å². The van der Waals surface area contributed by atoms with Gasteiger partial charge >= 0.3 is 0 Å². The summed E-state index contributed by atoms with van der Waals surface area (Å²) in [6, 6.07) is 6.04. The van der Waals surface area contributed by atoms with Crippen molar-refractivity contribution in [3.05, 3.63) is 23.8 Å². The van der Waals surface area contributed by atoms with E-state index in [1.54, 1.807) is 0 Å². The summed E-state index contributed by atoms with van der Waals surface area (Å²) in [4.78, 5) is 25.0. The molecule has 0 unspecified atom stereocenters. The number of carbonyl (C=O) groups excluding carboxylic acids is 2. The third-order valence-corrected chi connectivity index (χ3v) is 7.63. The predicted molar refractivity (Wildman–Crippen MR) is 120 cm³/mol. The van der Waals surface area contributed by atoms with Crippen LogP contribution in [0.1, 0.15) is 75.7 Å². The molecule has 3 N–H and O–H groups in total. The van der Waals surface area contributed by atoms with Crippen LogP contribution in [-0.2, 0) is 14.3 Å². The summed E-state index contributed by atoms with van der Waals surface area (Å²) in [5.74, 6) is 1.04. The Hall–Kier alpha value is -2.12. The Balaban J connectivity index is 1.26. The Morgan fingerprint density at radius 3 is 2.59 bits per heavy atom. The molecule has 2 amide bonds. The number of nitrogens with one attached hydrogen (secondary N) is 2. The highest BCUT2D eigenvalue weighted by Gasteiger charge is 2.46. The zero-order chi connectivity index (χ0) is 22.1. The van der Waals surface area contributed by atoms with Crippen LogP contribution in [0.5, 0.6) is 5.75 Å². The lowest BCUT2D eigenvalue weighted by molar-refractivity contribution is -0.142. The van der Waals surface area contributed by atoms with Crippen molar-refractivity contribution in [2.75, 3.05) is 11.9 Å². The average Bonchev–Trinajstić information content (AvgIpc) is 3.10. The molecule has 4 aliphatic rings. The largest absolute Gasteiger partial charge is 0.487 e. The summed E-state index contributed by atoms with van der Waals surface area (Å²) in [5, 5.41) is 16.1. The van der Waals surface area contributed by atoms with Gasteiger partial charge in [-0.3, -0.25) is 9.59 Å². The molecule has 0 radical (unpaired) electrons. The zero-order valence-corrected chi connectivity index (χ0v) is 18.6. The molecular formula is C25H34N2O5. The summed E-state index contributed by atoms with van der Waals surface area (Å²) in [6.07, 6.45) is 8.71. The summed E-state index contributed by atoms with van der Waals surface area (Å²) in [7, 11) is 0. The Morgan fingerprint density at radius 1 is 1.06 bits per heavy atom. The molecule has 0 spiro atoms. The number of hydrogen-bond donors (Lipinski definition) is 3. The SMILES string of the molecule is O=C(C[C@@H]1C[C@@H]2c3cc(NC(=O)C4CCC4)ccc3O[C@@H]2[C@@H](CO)O1)NC1CCCCC1. The molecule has 7 heteroatoms. The normalized spacial score (nSPS) is 29.9. The Labute approximate surface area is 189 Å². The van der Waals surface area contributed by atoms with Gasteiger partial charge in [-0.05, 0) is 50.3 Å². The highest BCUT2D eigenvalue weighted by Crippen LogP contribution is 2.47. The lowest BCUT2D eigenvalue weighted by Gasteiger charge is -2.37. The molecule has 5 rings (SSSR count). The monoisotopic (exact) mass is 442 g/mol. The molecule has 3 fully saturated rings. The maximum Gasteiger partial charge on any atom is 0.227 e. The first-order chi connectivity index (χ1) is 15.6. The predicted octanol–water partition coefficient (Wildman–Crippen LogP) is 3.26. The van der Waals surface area contributed by atoms with Crippen LogP contribution in [0.2, 0.25) is 0 Å². The van der Waals surface area contributed by atoms with E-state index in [-0.39, 0.29) is 48.5 Å². The molecule has 1 aromatic carbocycles. The second kappa shape index (κ2) is 9.40. The van der Waals surface area contributed by atoms with Crippen molar-refractivity contribution in [3.63, 3.8) is 0 Å². The number of carbonyl (C=O) groups is 2. The molecule has 2 saturated carbocycles. The highest BCUT2D eigenvalue weighted by atomic mass is 16.6. The lowest BCUT2D eigenvalue weighted by atomic mass is 9.83. The lowest BCUT2D eigenvalue weighted by Crippen LogP contribution is -2.48. The minimum absolute atomic E-state index is 0.0256. The van der Waals surface area contributed by atoms with E-state index in [1.165, 1.54) is 19.3 Å². The molecule has 1 saturated heterocycles. The van der Waals surface area contributed by atoms with E-state index in [1.807, 2.05) is 18.2 Å². The number of amides is 2. The van der Waals surface area contributed by atoms with Crippen molar-refractivity contribution in [2.24, 2.45) is 5.92 Å². The number of hydrogen-bond acceptors (Lipinski definition) is 5. The van der Waals surface area contributed by atoms with E-state index in [4.69, 9.17) is 9.47 Å². The number of anilines is 1. The summed E-state index contributed by atoms with van der Waals surface area (Å²) >= 11 is 0. The molecule has 4 atom stereocenters. The fourth-order valence-electron chi connectivity index (χ4n) is 5.62. The number of ether oxygens (including phenoxy) is 2. The van der Waals surface area contributed by atoms with Crippen LogP contribution in [0.3, 0.4) is 0 Å². The quantitative estimate of drug-likeness (QED) is 0.628. The van der Waals surface area contributed by atoms with Crippen molar-refractivity contribution in [1.29, 1.82) is 0 Å². The first kappa shape index (κ1) is 21.7. The van der Waals surface area contributed by atoms with Crippen LogP contribution < -0.4 is 15.4 Å². The van der Waals surface area contributed by atoms with Crippen LogP contribution in [0, 0.1) is 5.92 Å². The minimum Gasteiger partial charge on any atom is -0.487 e. The molecule has 0 bridgehead atoms. The van der Waals surface area contributed by atoms with Crippen molar-refractivity contribution < 1.29 is 24.2 Å². The van der Waals surface area contributed by atoms with Crippen molar-refractivity contribution >= 4 is 17.5 Å². The number of rotatable bonds is 6. The van der Waals surface area contributed by atoms with Crippen LogP contribution in [0.15, 0.2) is 18.2 Å². The van der Waals surface area contributed by atoms with Crippen LogP contribution in [-0.4, -0.2) is 47.9 Å². The van der Waals surface area contributed by atoms with E-state index in [9.17, 15) is 14.7 Å². The van der Waals surface area contributed by atoms with Crippen LogP contribution in [0.25, 0.3) is 0 Å². The Kier molecular flexibility index (Phi) is 6.37. The van der Waals surface area contributed by atoms with Crippen LogP contribution in [0.4, 0.5) is 5.69 Å². The summed E-state index contributed by atoms with van der Waals surface area (Å²) < 4.78 is 12.2. The molecule has 1 aromatic rings. The Morgan fingerprint density at radius 2 is 1.88 bits per heavy atom. The van der Waals surface area contributed by atoms with Gasteiger partial charge in [0.05, 0.1) is 19.1 Å². The van der Waals surface area contributed by atoms with Gasteiger partial charge < -0.3 is 25.2 Å². The standard InChI is InChI=1S/C25H34N2O5/c28-14-22-24-20(12-18(31-22)13-23(29)26-16-7-2-1-3-8-16)19-11-17(9-10-21(19)32-24)27-25(30)15-5-4-6-15/h9-11,15-16,18,20,22,24,28H,1-8,12-14H2,(H,26,29)(H,27,30)/t18-,20+,22+,24-/m0/s1. The van der Waals surface area contributed by atoms with Gasteiger partial charge in [-0.25, -0.2) is 0 Å². The number of benzene rings is 1. The van der Waals surface area contributed by atoms with Gasteiger partial charge in [-0.2, -0.15) is 0 Å². The first-order valence-corrected chi connectivity index (χ1v) is 12.3. The number of aliphatic hydroxyl groups excluding tert-OH is 1. The van der Waals surface area contributed by atoms with E-state index >= 15 is 0 Å². The second-order valence-corrected chi connectivity index (χ2v) is 9.88. The minimum atomic E-state index is -0.471. The topological polar surface area (TPSA) is 96.9 Å².